The molecule has 0 aliphatic carbocycles. The molecule has 1 aromatic carbocycles. The maximum absolute atomic E-state index is 14.4. The van der Waals surface area contributed by atoms with Crippen molar-refractivity contribution in [3.8, 4) is 0 Å². The van der Waals surface area contributed by atoms with Crippen LogP contribution in [0.1, 0.15) is 32.5 Å². The molecule has 0 saturated heterocycles. The van der Waals surface area contributed by atoms with Crippen LogP contribution in [0.25, 0.3) is 5.65 Å². The van der Waals surface area contributed by atoms with Crippen LogP contribution in [-0.2, 0) is 4.79 Å². The predicted octanol–water partition coefficient (Wildman–Crippen LogP) is 4.10. The van der Waals surface area contributed by atoms with E-state index in [1.54, 1.807) is 29.4 Å². The van der Waals surface area contributed by atoms with E-state index in [-0.39, 0.29) is 11.5 Å². The lowest BCUT2D eigenvalue weighted by Crippen LogP contribution is -2.28. The zero-order valence-corrected chi connectivity index (χ0v) is 16.7. The first-order chi connectivity index (χ1) is 14.2. The third-order valence-electron chi connectivity index (χ3n) is 4.61. The summed E-state index contributed by atoms with van der Waals surface area (Å²) in [6, 6.07) is 4.94. The number of benzene rings is 1. The fraction of sp³-hybridized carbons (Fsp3) is 0.238. The molecule has 0 radical (unpaired) electrons. The average molecular weight is 410 g/mol. The number of halogens is 2. The molecule has 1 aliphatic rings. The van der Waals surface area contributed by atoms with Gasteiger partial charge in [0.2, 0.25) is 5.91 Å². The quantitative estimate of drug-likeness (QED) is 0.706. The molecule has 3 heterocycles. The highest BCUT2D eigenvalue weighted by Crippen LogP contribution is 2.32. The Labute approximate surface area is 171 Å². The number of nitrogens with one attached hydrogen (secondary N) is 1. The van der Waals surface area contributed by atoms with E-state index in [0.717, 1.165) is 18.2 Å². The summed E-state index contributed by atoms with van der Waals surface area (Å²) in [5, 5.41) is 7.04. The van der Waals surface area contributed by atoms with Crippen molar-refractivity contribution in [3.63, 3.8) is 0 Å². The van der Waals surface area contributed by atoms with Gasteiger partial charge in [-0.3, -0.25) is 9.79 Å². The zero-order valence-electron chi connectivity index (χ0n) is 16.7. The number of amides is 1. The van der Waals surface area contributed by atoms with Gasteiger partial charge in [-0.15, -0.1) is 0 Å². The summed E-state index contributed by atoms with van der Waals surface area (Å²) in [7, 11) is 0. The maximum Gasteiger partial charge on any atom is 0.229 e. The molecule has 154 valence electrons. The molecule has 9 heteroatoms. The molecule has 3 aromatic rings. The zero-order chi connectivity index (χ0) is 21.5. The van der Waals surface area contributed by atoms with Gasteiger partial charge in [-0.2, -0.15) is 5.10 Å². The summed E-state index contributed by atoms with van der Waals surface area (Å²) in [6.45, 7) is 5.42. The molecule has 0 fully saturated rings. The van der Waals surface area contributed by atoms with Crippen LogP contribution < -0.4 is 10.2 Å². The molecule has 2 aromatic heterocycles. The molecular formula is C21H20F2N6O. The van der Waals surface area contributed by atoms with Crippen LogP contribution in [0.3, 0.4) is 0 Å². The van der Waals surface area contributed by atoms with E-state index in [2.05, 4.69) is 20.4 Å². The van der Waals surface area contributed by atoms with Gasteiger partial charge in [0.25, 0.3) is 0 Å². The van der Waals surface area contributed by atoms with Gasteiger partial charge in [-0.1, -0.05) is 20.8 Å². The van der Waals surface area contributed by atoms with Gasteiger partial charge in [0.05, 0.1) is 6.20 Å². The predicted molar refractivity (Wildman–Crippen MR) is 110 cm³/mol. The van der Waals surface area contributed by atoms with E-state index in [9.17, 15) is 13.6 Å². The minimum Gasteiger partial charge on any atom is -0.321 e. The van der Waals surface area contributed by atoms with Crippen LogP contribution in [0, 0.1) is 17.0 Å². The van der Waals surface area contributed by atoms with Crippen LogP contribution in [0.2, 0.25) is 0 Å². The minimum atomic E-state index is -0.823. The summed E-state index contributed by atoms with van der Waals surface area (Å²) >= 11 is 0. The molecule has 1 aliphatic heterocycles. The number of aromatic nitrogens is 3. The van der Waals surface area contributed by atoms with Crippen molar-refractivity contribution in [1.29, 1.82) is 0 Å². The largest absolute Gasteiger partial charge is 0.321 e. The number of anilines is 2. The second-order valence-corrected chi connectivity index (χ2v) is 7.90. The van der Waals surface area contributed by atoms with Crippen molar-refractivity contribution in [1.82, 2.24) is 14.6 Å². The molecule has 4 rings (SSSR count). The van der Waals surface area contributed by atoms with E-state index in [1.807, 2.05) is 20.8 Å². The normalized spacial score (nSPS) is 16.3. The Balaban J connectivity index is 1.73. The Bertz CT molecular complexity index is 1180. The first-order valence-electron chi connectivity index (χ1n) is 9.33. The van der Waals surface area contributed by atoms with E-state index >= 15 is 0 Å². The van der Waals surface area contributed by atoms with Gasteiger partial charge in [0, 0.05) is 29.6 Å². The molecule has 0 bridgehead atoms. The lowest BCUT2D eigenvalue weighted by molar-refractivity contribution is -0.123. The molecule has 0 saturated carbocycles. The standard InChI is InChI=1S/C21H20F2N6O/c1-21(2,3)20(30)26-16-12-25-29-10-7-17(27-19(16)29)28-9-4-8-24-18(28)14-11-13(22)5-6-15(14)23/h4-12,18H,1-3H3,(H,26,30). The second kappa shape index (κ2) is 7.33. The highest BCUT2D eigenvalue weighted by atomic mass is 19.1. The molecule has 0 spiro atoms. The van der Waals surface area contributed by atoms with Crippen molar-refractivity contribution in [2.75, 3.05) is 10.2 Å². The Morgan fingerprint density at radius 3 is 2.77 bits per heavy atom. The Kier molecular flexibility index (Phi) is 4.81. The van der Waals surface area contributed by atoms with E-state index < -0.39 is 23.2 Å². The first kappa shape index (κ1) is 19.7. The van der Waals surface area contributed by atoms with Crippen molar-refractivity contribution in [3.05, 3.63) is 66.1 Å². The number of fused-ring (bicyclic) bond motifs is 1. The van der Waals surface area contributed by atoms with E-state index in [0.29, 0.717) is 17.2 Å². The molecule has 1 amide bonds. The van der Waals surface area contributed by atoms with Crippen LogP contribution in [-0.4, -0.2) is 26.7 Å². The summed E-state index contributed by atoms with van der Waals surface area (Å²) in [5.74, 6) is -0.854. The number of rotatable bonds is 3. The van der Waals surface area contributed by atoms with Crippen molar-refractivity contribution in [2.45, 2.75) is 26.9 Å². The van der Waals surface area contributed by atoms with Crippen LogP contribution >= 0.6 is 0 Å². The Hall–Kier alpha value is -3.62. The van der Waals surface area contributed by atoms with Crippen molar-refractivity contribution >= 4 is 29.3 Å². The molecule has 1 unspecified atom stereocenters. The number of aliphatic imine (C=N–C) groups is 1. The fourth-order valence-electron chi connectivity index (χ4n) is 2.96. The topological polar surface area (TPSA) is 74.9 Å². The van der Waals surface area contributed by atoms with Crippen molar-refractivity contribution < 1.29 is 13.6 Å². The molecule has 1 atom stereocenters. The number of carbonyl (C=O) groups excluding carboxylic acids is 1. The lowest BCUT2D eigenvalue weighted by Gasteiger charge is -2.29. The van der Waals surface area contributed by atoms with Gasteiger partial charge >= 0.3 is 0 Å². The highest BCUT2D eigenvalue weighted by Gasteiger charge is 2.26. The molecule has 30 heavy (non-hydrogen) atoms. The van der Waals surface area contributed by atoms with Gasteiger partial charge in [-0.25, -0.2) is 18.3 Å². The summed E-state index contributed by atoms with van der Waals surface area (Å²) in [4.78, 5) is 22.9. The number of allylic oxidation sites excluding steroid dienone is 1. The third kappa shape index (κ3) is 3.66. The number of hydrogen-bond donors (Lipinski definition) is 1. The number of carbonyl (C=O) groups is 1. The van der Waals surface area contributed by atoms with Gasteiger partial charge in [0.1, 0.15) is 23.1 Å². The van der Waals surface area contributed by atoms with Crippen molar-refractivity contribution in [2.24, 2.45) is 10.4 Å². The Morgan fingerprint density at radius 2 is 2.00 bits per heavy atom. The smallest absolute Gasteiger partial charge is 0.229 e. The Morgan fingerprint density at radius 1 is 1.20 bits per heavy atom. The fourth-order valence-corrected chi connectivity index (χ4v) is 2.96. The highest BCUT2D eigenvalue weighted by molar-refractivity contribution is 5.97. The van der Waals surface area contributed by atoms with Gasteiger partial charge in [0.15, 0.2) is 11.8 Å². The van der Waals surface area contributed by atoms with Gasteiger partial charge in [-0.05, 0) is 30.3 Å². The average Bonchev–Trinajstić information content (AvgIpc) is 3.11. The number of hydrogen-bond acceptors (Lipinski definition) is 5. The lowest BCUT2D eigenvalue weighted by atomic mass is 9.96. The van der Waals surface area contributed by atoms with E-state index in [4.69, 9.17) is 0 Å². The SMILES string of the molecule is CC(C)(C)C(=O)Nc1cnn2ccc(N3C=CC=NC3c3cc(F)ccc3F)nc12. The summed E-state index contributed by atoms with van der Waals surface area (Å²) in [5.41, 5.74) is 0.379. The van der Waals surface area contributed by atoms with Crippen LogP contribution in [0.5, 0.6) is 0 Å². The van der Waals surface area contributed by atoms with E-state index in [1.165, 1.54) is 16.9 Å². The minimum absolute atomic E-state index is 0.0899. The third-order valence-corrected chi connectivity index (χ3v) is 4.61. The second-order valence-electron chi connectivity index (χ2n) is 7.90. The van der Waals surface area contributed by atoms with Gasteiger partial charge < -0.3 is 10.2 Å². The summed E-state index contributed by atoms with van der Waals surface area (Å²) < 4.78 is 29.7. The van der Waals surface area contributed by atoms with Crippen LogP contribution in [0.15, 0.2) is 53.9 Å². The molecule has 1 N–H and O–H groups in total. The summed E-state index contributed by atoms with van der Waals surface area (Å²) in [6.07, 6.45) is 7.26. The number of nitrogens with zero attached hydrogens (tertiary/aromatic N) is 5. The molecule has 7 nitrogen and oxygen atoms in total. The monoisotopic (exact) mass is 410 g/mol. The molecular weight excluding hydrogens is 390 g/mol. The maximum atomic E-state index is 14.4. The van der Waals surface area contributed by atoms with Crippen LogP contribution in [0.4, 0.5) is 20.3 Å². The first-order valence-corrected chi connectivity index (χ1v) is 9.33.